The standard InChI is InChI=1S/C35H57NO11/c1-12-26-35(9,41)31-21(4)27(38)19(2)18-34(8,43-16-14-13-15-42-31)30(22(5)28(39)23(6)32(40)46-26)47-33-29(45-24(7)37)25(36(10)11)17-20(3)44-33/h13-14,19-23,25-26,29-31,33,41H,12,15-18H2,1-11H3/b14-13+/t19-,20-,21+,22+,23?,25+,26-,29-,30-,31-,33+,34+,35-/m1/s1. The summed E-state index contributed by atoms with van der Waals surface area (Å²) in [6.07, 6.45) is -0.881. The lowest BCUT2D eigenvalue weighted by atomic mass is 9.74. The van der Waals surface area contributed by atoms with E-state index in [9.17, 15) is 24.3 Å². The maximum absolute atomic E-state index is 14.2. The molecule has 2 bridgehead atoms. The zero-order chi connectivity index (χ0) is 35.4. The number of rotatable bonds is 5. The van der Waals surface area contributed by atoms with Gasteiger partial charge in [-0.05, 0) is 61.1 Å². The van der Waals surface area contributed by atoms with Crippen LogP contribution >= 0.6 is 0 Å². The van der Waals surface area contributed by atoms with Crippen molar-refractivity contribution in [3.63, 3.8) is 0 Å². The number of hydrogen-bond acceptors (Lipinski definition) is 12. The maximum atomic E-state index is 14.2. The molecule has 0 aliphatic carbocycles. The Kier molecular flexibility index (Phi) is 13.3. The number of carbonyl (C=O) groups is 4. The molecule has 47 heavy (non-hydrogen) atoms. The second-order valence-corrected chi connectivity index (χ2v) is 14.3. The molecule has 0 saturated carbocycles. The highest BCUT2D eigenvalue weighted by Crippen LogP contribution is 2.39. The highest BCUT2D eigenvalue weighted by Gasteiger charge is 2.53. The molecule has 3 heterocycles. The van der Waals surface area contributed by atoms with Crippen LogP contribution in [0.3, 0.4) is 0 Å². The van der Waals surface area contributed by atoms with Crippen molar-refractivity contribution in [1.29, 1.82) is 0 Å². The minimum absolute atomic E-state index is 0.0757. The molecule has 0 aromatic rings. The fraction of sp³-hybridized carbons (Fsp3) is 0.829. The second kappa shape index (κ2) is 16.0. The molecule has 12 heteroatoms. The van der Waals surface area contributed by atoms with Crippen LogP contribution in [0, 0.1) is 23.7 Å². The SMILES string of the molecule is CC[C@H]1OC(=O)C(C)C(=O)[C@H](C)[C@@H](O[C@@H]2O[C@H](C)C[C@H](N(C)C)[C@H]2OC(C)=O)[C@]2(C)C[C@@H](C)C(=O)[C@H](C)[C@@H](OC/C=C/CO2)[C@]1(C)O. The van der Waals surface area contributed by atoms with E-state index in [0.29, 0.717) is 6.42 Å². The van der Waals surface area contributed by atoms with Gasteiger partial charge in [0.1, 0.15) is 23.4 Å². The van der Waals surface area contributed by atoms with Gasteiger partial charge in [-0.2, -0.15) is 0 Å². The Balaban J connectivity index is 2.22. The fourth-order valence-electron chi connectivity index (χ4n) is 7.51. The first-order chi connectivity index (χ1) is 21.8. The summed E-state index contributed by atoms with van der Waals surface area (Å²) in [6, 6.07) is -0.254. The van der Waals surface area contributed by atoms with Crippen molar-refractivity contribution >= 4 is 23.5 Å². The summed E-state index contributed by atoms with van der Waals surface area (Å²) in [5, 5.41) is 11.8. The van der Waals surface area contributed by atoms with Crippen molar-refractivity contribution in [1.82, 2.24) is 4.90 Å². The summed E-state index contributed by atoms with van der Waals surface area (Å²) in [6.45, 7) is 15.1. The summed E-state index contributed by atoms with van der Waals surface area (Å²) in [5.74, 6) is -5.57. The number of hydrogen-bond donors (Lipinski definition) is 1. The molecule has 13 atom stereocenters. The average molecular weight is 668 g/mol. The predicted molar refractivity (Wildman–Crippen MR) is 172 cm³/mol. The molecule has 0 amide bonds. The van der Waals surface area contributed by atoms with Crippen LogP contribution in [-0.4, -0.2) is 115 Å². The Morgan fingerprint density at radius 2 is 1.66 bits per heavy atom. The molecule has 3 aliphatic rings. The van der Waals surface area contributed by atoms with Crippen LogP contribution in [-0.2, 0) is 47.6 Å². The minimum Gasteiger partial charge on any atom is -0.459 e. The Bertz CT molecular complexity index is 1150. The van der Waals surface area contributed by atoms with E-state index < -0.39 is 83.3 Å². The van der Waals surface area contributed by atoms with Gasteiger partial charge in [-0.15, -0.1) is 0 Å². The number of esters is 2. The van der Waals surface area contributed by atoms with Crippen molar-refractivity contribution in [2.45, 2.75) is 136 Å². The molecule has 3 aliphatic heterocycles. The molecular formula is C35H57NO11. The van der Waals surface area contributed by atoms with Gasteiger partial charge in [0.15, 0.2) is 18.2 Å². The molecule has 0 radical (unpaired) electrons. The van der Waals surface area contributed by atoms with E-state index in [2.05, 4.69) is 0 Å². The van der Waals surface area contributed by atoms with Crippen LogP contribution in [0.4, 0.5) is 0 Å². The number of Topliss-reactive ketones (excluding diaryl/α,β-unsaturated/α-hetero) is 2. The molecule has 3 rings (SSSR count). The maximum Gasteiger partial charge on any atom is 0.316 e. The number of cyclic esters (lactones) is 1. The third-order valence-electron chi connectivity index (χ3n) is 10.1. The van der Waals surface area contributed by atoms with Gasteiger partial charge in [0.25, 0.3) is 0 Å². The number of fused-ring (bicyclic) bond motifs is 5. The molecule has 2 saturated heterocycles. The summed E-state index contributed by atoms with van der Waals surface area (Å²) >= 11 is 0. The number of aliphatic hydroxyl groups is 1. The van der Waals surface area contributed by atoms with Crippen LogP contribution in [0.15, 0.2) is 12.2 Å². The number of carbonyl (C=O) groups excluding carboxylic acids is 4. The highest BCUT2D eigenvalue weighted by atomic mass is 16.7. The van der Waals surface area contributed by atoms with Crippen LogP contribution < -0.4 is 0 Å². The van der Waals surface area contributed by atoms with Crippen molar-refractivity contribution in [3.8, 4) is 0 Å². The number of ether oxygens (including phenoxy) is 6. The lowest BCUT2D eigenvalue weighted by molar-refractivity contribution is -0.299. The van der Waals surface area contributed by atoms with Crippen molar-refractivity contribution in [2.75, 3.05) is 27.3 Å². The van der Waals surface area contributed by atoms with Crippen LogP contribution in [0.2, 0.25) is 0 Å². The molecule has 12 nitrogen and oxygen atoms in total. The highest BCUT2D eigenvalue weighted by molar-refractivity contribution is 6.00. The van der Waals surface area contributed by atoms with Gasteiger partial charge in [0.2, 0.25) is 0 Å². The molecular weight excluding hydrogens is 610 g/mol. The van der Waals surface area contributed by atoms with Crippen molar-refractivity contribution < 1.29 is 52.7 Å². The molecule has 268 valence electrons. The first-order valence-corrected chi connectivity index (χ1v) is 16.9. The topological polar surface area (TPSA) is 147 Å². The largest absolute Gasteiger partial charge is 0.459 e. The van der Waals surface area contributed by atoms with Crippen LogP contribution in [0.25, 0.3) is 0 Å². The smallest absolute Gasteiger partial charge is 0.316 e. The van der Waals surface area contributed by atoms with Gasteiger partial charge in [-0.3, -0.25) is 19.2 Å². The zero-order valence-corrected chi connectivity index (χ0v) is 30.0. The molecule has 0 aromatic carbocycles. The summed E-state index contributed by atoms with van der Waals surface area (Å²) < 4.78 is 37.3. The predicted octanol–water partition coefficient (Wildman–Crippen LogP) is 3.26. The third kappa shape index (κ3) is 8.88. The van der Waals surface area contributed by atoms with Crippen LogP contribution in [0.5, 0.6) is 0 Å². The first-order valence-electron chi connectivity index (χ1n) is 16.9. The Hall–Kier alpha value is -2.22. The van der Waals surface area contributed by atoms with Gasteiger partial charge in [-0.1, -0.05) is 39.8 Å². The second-order valence-electron chi connectivity index (χ2n) is 14.3. The van der Waals surface area contributed by atoms with Gasteiger partial charge in [-0.25, -0.2) is 0 Å². The summed E-state index contributed by atoms with van der Waals surface area (Å²) in [7, 11) is 3.76. The quantitative estimate of drug-likeness (QED) is 0.261. The van der Waals surface area contributed by atoms with E-state index in [4.69, 9.17) is 28.4 Å². The molecule has 1 N–H and O–H groups in total. The lowest BCUT2D eigenvalue weighted by Crippen LogP contribution is -2.61. The summed E-state index contributed by atoms with van der Waals surface area (Å²) in [4.78, 5) is 56.1. The minimum atomic E-state index is -1.75. The first kappa shape index (κ1) is 39.2. The molecule has 2 fully saturated rings. The van der Waals surface area contributed by atoms with E-state index in [1.807, 2.05) is 25.9 Å². The summed E-state index contributed by atoms with van der Waals surface area (Å²) in [5.41, 5.74) is -3.02. The Labute approximate surface area is 279 Å². The van der Waals surface area contributed by atoms with Gasteiger partial charge < -0.3 is 38.4 Å². The van der Waals surface area contributed by atoms with Crippen LogP contribution in [0.1, 0.15) is 81.6 Å². The lowest BCUT2D eigenvalue weighted by Gasteiger charge is -2.48. The van der Waals surface area contributed by atoms with Gasteiger partial charge in [0.05, 0.1) is 43.2 Å². The average Bonchev–Trinajstić information content (AvgIpc) is 2.99. The molecule has 0 spiro atoms. The van der Waals surface area contributed by atoms with Crippen molar-refractivity contribution in [2.24, 2.45) is 23.7 Å². The van der Waals surface area contributed by atoms with E-state index in [-0.39, 0.29) is 44.0 Å². The normalized spacial score (nSPS) is 43.6. The van der Waals surface area contributed by atoms with E-state index in [1.54, 1.807) is 46.8 Å². The fourth-order valence-corrected chi connectivity index (χ4v) is 7.51. The van der Waals surface area contributed by atoms with Crippen molar-refractivity contribution in [3.05, 3.63) is 12.2 Å². The van der Waals surface area contributed by atoms with E-state index in [1.165, 1.54) is 20.8 Å². The van der Waals surface area contributed by atoms with E-state index >= 15 is 0 Å². The van der Waals surface area contributed by atoms with Gasteiger partial charge in [0, 0.05) is 24.7 Å². The Morgan fingerprint density at radius 1 is 1.02 bits per heavy atom. The molecule has 1 unspecified atom stereocenters. The number of likely N-dealkylation sites (N-methyl/N-ethyl adjacent to an activating group) is 1. The number of ketones is 2. The van der Waals surface area contributed by atoms with Gasteiger partial charge >= 0.3 is 11.9 Å². The molecule has 0 aromatic heterocycles. The third-order valence-corrected chi connectivity index (χ3v) is 10.1. The zero-order valence-electron chi connectivity index (χ0n) is 30.0. The van der Waals surface area contributed by atoms with E-state index in [0.717, 1.165) is 0 Å². The number of nitrogens with zero attached hydrogens (tertiary/aromatic N) is 1. The Morgan fingerprint density at radius 3 is 2.26 bits per heavy atom. The monoisotopic (exact) mass is 667 g/mol.